The van der Waals surface area contributed by atoms with Crippen molar-refractivity contribution >= 4 is 36.5 Å². The van der Waals surface area contributed by atoms with Crippen molar-refractivity contribution in [1.82, 2.24) is 10.3 Å². The van der Waals surface area contributed by atoms with Crippen LogP contribution < -0.4 is 5.32 Å². The summed E-state index contributed by atoms with van der Waals surface area (Å²) in [7, 11) is 0. The number of carboxylic acid groups (broad SMARTS) is 1. The largest absolute Gasteiger partial charge is 0.480 e. The van der Waals surface area contributed by atoms with Crippen molar-refractivity contribution in [2.45, 2.75) is 70.9 Å². The van der Waals surface area contributed by atoms with Gasteiger partial charge in [0.25, 0.3) is 5.91 Å². The zero-order valence-corrected chi connectivity index (χ0v) is 20.3. The molecule has 184 valence electrons. The smallest absolute Gasteiger partial charge is 0.325 e. The molecule has 0 unspecified atom stereocenters. The fraction of sp³-hybridized carbons (Fsp3) is 0.583. The van der Waals surface area contributed by atoms with Gasteiger partial charge in [0, 0.05) is 6.21 Å². The van der Waals surface area contributed by atoms with E-state index < -0.39 is 36.5 Å². The number of carbonyl (C=O) groups is 3. The minimum atomic E-state index is -1.14. The van der Waals surface area contributed by atoms with Gasteiger partial charge in [-0.2, -0.15) is 5.10 Å². The lowest BCUT2D eigenvalue weighted by Gasteiger charge is -2.25. The Balaban J connectivity index is 0.00000544. The highest BCUT2D eigenvalue weighted by Gasteiger charge is 2.28. The van der Waals surface area contributed by atoms with Crippen LogP contribution >= 0.6 is 12.4 Å². The number of nitrogens with zero attached hydrogens (tertiary/aromatic N) is 2. The predicted octanol–water partition coefficient (Wildman–Crippen LogP) is 3.43. The predicted molar refractivity (Wildman–Crippen MR) is 129 cm³/mol. The number of hydrazone groups is 1. The minimum absolute atomic E-state index is 0. The molecule has 1 aromatic carbocycles. The van der Waals surface area contributed by atoms with Crippen LogP contribution in [0.4, 0.5) is 0 Å². The maximum absolute atomic E-state index is 13.0. The number of aryl methyl sites for hydroxylation is 1. The summed E-state index contributed by atoms with van der Waals surface area (Å²) in [6.07, 6.45) is 8.20. The fourth-order valence-corrected chi connectivity index (χ4v) is 3.83. The summed E-state index contributed by atoms with van der Waals surface area (Å²) in [6.45, 7) is 3.06. The molecule has 0 radical (unpaired) electrons. The summed E-state index contributed by atoms with van der Waals surface area (Å²) in [5.74, 6) is -1.81. The Hall–Kier alpha value is -2.45. The molecule has 0 bridgehead atoms. The lowest BCUT2D eigenvalue weighted by Crippen LogP contribution is -2.51. The summed E-state index contributed by atoms with van der Waals surface area (Å²) < 4.78 is 5.17. The van der Waals surface area contributed by atoms with Gasteiger partial charge in [0.1, 0.15) is 12.6 Å². The average molecular weight is 482 g/mol. The maximum Gasteiger partial charge on any atom is 0.325 e. The van der Waals surface area contributed by atoms with E-state index in [4.69, 9.17) is 4.74 Å². The van der Waals surface area contributed by atoms with Gasteiger partial charge < -0.3 is 9.84 Å². The lowest BCUT2D eigenvalue weighted by molar-refractivity contribution is -0.148. The first kappa shape index (κ1) is 28.6. The van der Waals surface area contributed by atoms with Gasteiger partial charge in [-0.3, -0.25) is 19.7 Å². The molecule has 1 aliphatic carbocycles. The highest BCUT2D eigenvalue weighted by atomic mass is 35.5. The van der Waals surface area contributed by atoms with Gasteiger partial charge in [0.2, 0.25) is 0 Å². The third-order valence-electron chi connectivity index (χ3n) is 5.56. The number of hydrogen-bond donors (Lipinski definition) is 2. The molecule has 2 rings (SSSR count). The van der Waals surface area contributed by atoms with Crippen molar-refractivity contribution in [2.75, 3.05) is 13.2 Å². The van der Waals surface area contributed by atoms with Gasteiger partial charge in [0.15, 0.2) is 0 Å². The van der Waals surface area contributed by atoms with E-state index in [1.54, 1.807) is 20.1 Å². The molecule has 2 N–H and O–H groups in total. The van der Waals surface area contributed by atoms with Crippen molar-refractivity contribution in [3.63, 3.8) is 0 Å². The zero-order valence-electron chi connectivity index (χ0n) is 19.4. The van der Waals surface area contributed by atoms with Gasteiger partial charge in [0.05, 0.1) is 12.6 Å². The number of amides is 1. The highest BCUT2D eigenvalue weighted by Crippen LogP contribution is 2.22. The number of aliphatic carboxylic acids is 1. The SMILES string of the molecule is CCOC(=O)[C@H](CCc1ccccc1)N[C@@H](C)C(=O)N(CC(=O)O)N=CC1CCCCC1.Cl. The molecular weight excluding hydrogens is 446 g/mol. The molecule has 1 saturated carbocycles. The van der Waals surface area contributed by atoms with Gasteiger partial charge in [-0.05, 0) is 51.0 Å². The van der Waals surface area contributed by atoms with Gasteiger partial charge in [-0.1, -0.05) is 49.6 Å². The number of carboxylic acids is 1. The van der Waals surface area contributed by atoms with Crippen molar-refractivity contribution in [1.29, 1.82) is 0 Å². The number of ether oxygens (including phenoxy) is 1. The third-order valence-corrected chi connectivity index (χ3v) is 5.56. The van der Waals surface area contributed by atoms with E-state index in [9.17, 15) is 19.5 Å². The van der Waals surface area contributed by atoms with Crippen LogP contribution in [-0.2, 0) is 25.5 Å². The van der Waals surface area contributed by atoms with E-state index in [1.807, 2.05) is 30.3 Å². The Morgan fingerprint density at radius 3 is 2.48 bits per heavy atom. The van der Waals surface area contributed by atoms with E-state index in [-0.39, 0.29) is 24.9 Å². The number of benzene rings is 1. The second-order valence-corrected chi connectivity index (χ2v) is 8.17. The van der Waals surface area contributed by atoms with E-state index in [0.29, 0.717) is 12.8 Å². The van der Waals surface area contributed by atoms with Crippen LogP contribution in [0.1, 0.15) is 57.9 Å². The Kier molecular flexibility index (Phi) is 13.3. The Morgan fingerprint density at radius 1 is 1.21 bits per heavy atom. The molecule has 0 spiro atoms. The van der Waals surface area contributed by atoms with E-state index in [1.165, 1.54) is 6.42 Å². The third kappa shape index (κ3) is 10.4. The summed E-state index contributed by atoms with van der Waals surface area (Å²) in [5, 5.41) is 17.5. The quantitative estimate of drug-likeness (QED) is 0.269. The molecule has 0 saturated heterocycles. The van der Waals surface area contributed by atoms with Crippen molar-refractivity contribution in [2.24, 2.45) is 11.0 Å². The number of rotatable bonds is 12. The molecule has 1 aliphatic rings. The van der Waals surface area contributed by atoms with Gasteiger partial charge >= 0.3 is 11.9 Å². The van der Waals surface area contributed by atoms with E-state index in [0.717, 1.165) is 36.3 Å². The standard InChI is InChI=1S/C24H35N3O5.ClH/c1-3-32-24(31)21(15-14-19-10-6-4-7-11-19)26-18(2)23(30)27(17-22(28)29)25-16-20-12-8-5-9-13-20;/h4,6-7,10-11,16,18,20-21,26H,3,5,8-9,12-15,17H2,1-2H3,(H,28,29);1H/t18-,21-;/m0./s1. The van der Waals surface area contributed by atoms with Crippen molar-refractivity contribution in [3.05, 3.63) is 35.9 Å². The monoisotopic (exact) mass is 481 g/mol. The molecule has 0 aliphatic heterocycles. The molecule has 33 heavy (non-hydrogen) atoms. The van der Waals surface area contributed by atoms with E-state index >= 15 is 0 Å². The normalized spacial score (nSPS) is 15.9. The molecule has 1 fully saturated rings. The lowest BCUT2D eigenvalue weighted by atomic mass is 9.90. The van der Waals surface area contributed by atoms with Crippen LogP contribution in [0.25, 0.3) is 0 Å². The number of hydrogen-bond acceptors (Lipinski definition) is 6. The molecule has 0 heterocycles. The van der Waals surface area contributed by atoms with Crippen LogP contribution in [0.3, 0.4) is 0 Å². The number of carbonyl (C=O) groups excluding carboxylic acids is 2. The zero-order chi connectivity index (χ0) is 23.3. The summed E-state index contributed by atoms with van der Waals surface area (Å²) in [4.78, 5) is 36.7. The van der Waals surface area contributed by atoms with Crippen LogP contribution in [0.2, 0.25) is 0 Å². The summed E-state index contributed by atoms with van der Waals surface area (Å²) in [6, 6.07) is 8.25. The van der Waals surface area contributed by atoms with Crippen LogP contribution in [0.15, 0.2) is 35.4 Å². The fourth-order valence-electron chi connectivity index (χ4n) is 3.83. The molecule has 9 heteroatoms. The number of nitrogens with one attached hydrogen (secondary N) is 1. The maximum atomic E-state index is 13.0. The first-order chi connectivity index (χ1) is 15.4. The number of esters is 1. The second kappa shape index (κ2) is 15.4. The van der Waals surface area contributed by atoms with Crippen LogP contribution in [0, 0.1) is 5.92 Å². The second-order valence-electron chi connectivity index (χ2n) is 8.17. The first-order valence-corrected chi connectivity index (χ1v) is 11.4. The number of halogens is 1. The van der Waals surface area contributed by atoms with Crippen LogP contribution in [0.5, 0.6) is 0 Å². The van der Waals surface area contributed by atoms with Crippen LogP contribution in [-0.4, -0.2) is 59.4 Å². The molecule has 1 amide bonds. The highest BCUT2D eigenvalue weighted by molar-refractivity contribution is 5.86. The molecule has 8 nitrogen and oxygen atoms in total. The Bertz CT molecular complexity index is 769. The average Bonchev–Trinajstić information content (AvgIpc) is 2.80. The molecule has 1 aromatic rings. The summed E-state index contributed by atoms with van der Waals surface area (Å²) >= 11 is 0. The van der Waals surface area contributed by atoms with Gasteiger partial charge in [-0.15, -0.1) is 12.4 Å². The Morgan fingerprint density at radius 2 is 1.88 bits per heavy atom. The van der Waals surface area contributed by atoms with E-state index in [2.05, 4.69) is 10.4 Å². The molecular formula is C24H36ClN3O5. The first-order valence-electron chi connectivity index (χ1n) is 11.4. The molecule has 0 aromatic heterocycles. The topological polar surface area (TPSA) is 108 Å². The van der Waals surface area contributed by atoms with Crippen molar-refractivity contribution in [3.8, 4) is 0 Å². The Labute approximate surface area is 202 Å². The summed E-state index contributed by atoms with van der Waals surface area (Å²) in [5.41, 5.74) is 1.08. The molecule has 2 atom stereocenters. The van der Waals surface area contributed by atoms with Crippen molar-refractivity contribution < 1.29 is 24.2 Å². The van der Waals surface area contributed by atoms with Gasteiger partial charge in [-0.25, -0.2) is 5.01 Å². The minimum Gasteiger partial charge on any atom is -0.480 e.